The van der Waals surface area contributed by atoms with Gasteiger partial charge in [-0.1, -0.05) is 23.2 Å². The standard InChI is InChI=1S/C16H14Cl2N2O2/c1-21-12-5-9-3-4-19-16(11(9)8-13(12)22-2)10-6-14(17)20-15(18)7-10/h5-8H,3-4H2,1-2H3. The highest BCUT2D eigenvalue weighted by Crippen LogP contribution is 2.34. The minimum absolute atomic E-state index is 0.345. The van der Waals surface area contributed by atoms with E-state index < -0.39 is 0 Å². The molecule has 22 heavy (non-hydrogen) atoms. The van der Waals surface area contributed by atoms with E-state index in [4.69, 9.17) is 32.7 Å². The van der Waals surface area contributed by atoms with Crippen molar-refractivity contribution in [3.05, 3.63) is 51.3 Å². The van der Waals surface area contributed by atoms with Gasteiger partial charge in [-0.15, -0.1) is 0 Å². The third-order valence-corrected chi connectivity index (χ3v) is 3.94. The summed E-state index contributed by atoms with van der Waals surface area (Å²) in [5, 5.41) is 0.690. The molecule has 2 aromatic rings. The SMILES string of the molecule is COc1cc2c(cc1OC)C(c1cc(Cl)nc(Cl)c1)=NCC2. The van der Waals surface area contributed by atoms with Crippen LogP contribution in [0.15, 0.2) is 29.3 Å². The van der Waals surface area contributed by atoms with Crippen molar-refractivity contribution in [2.45, 2.75) is 6.42 Å². The van der Waals surface area contributed by atoms with Crippen molar-refractivity contribution in [1.29, 1.82) is 0 Å². The summed E-state index contributed by atoms with van der Waals surface area (Å²) in [6.07, 6.45) is 0.853. The topological polar surface area (TPSA) is 43.7 Å². The fourth-order valence-electron chi connectivity index (χ4n) is 2.57. The number of aromatic nitrogens is 1. The number of aliphatic imine (C=N–C) groups is 1. The molecular formula is C16H14Cl2N2O2. The highest BCUT2D eigenvalue weighted by Gasteiger charge is 2.20. The summed E-state index contributed by atoms with van der Waals surface area (Å²) in [6, 6.07) is 7.46. The first-order chi connectivity index (χ1) is 10.6. The quantitative estimate of drug-likeness (QED) is 0.800. The Morgan fingerprint density at radius 1 is 0.955 bits per heavy atom. The second kappa shape index (κ2) is 6.15. The van der Waals surface area contributed by atoms with Gasteiger partial charge in [-0.2, -0.15) is 0 Å². The molecule has 0 amide bonds. The first kappa shape index (κ1) is 15.1. The van der Waals surface area contributed by atoms with E-state index in [1.165, 1.54) is 0 Å². The number of halogens is 2. The predicted octanol–water partition coefficient (Wildman–Crippen LogP) is 3.80. The monoisotopic (exact) mass is 336 g/mol. The molecule has 0 saturated carbocycles. The van der Waals surface area contributed by atoms with Crippen molar-refractivity contribution >= 4 is 28.9 Å². The molecule has 0 unspecified atom stereocenters. The van der Waals surface area contributed by atoms with E-state index in [1.807, 2.05) is 12.1 Å². The predicted molar refractivity (Wildman–Crippen MR) is 88.0 cm³/mol. The zero-order valence-corrected chi connectivity index (χ0v) is 13.7. The van der Waals surface area contributed by atoms with E-state index in [0.717, 1.165) is 28.8 Å². The van der Waals surface area contributed by atoms with Crippen LogP contribution in [0.1, 0.15) is 16.7 Å². The Morgan fingerprint density at radius 3 is 2.23 bits per heavy atom. The molecule has 3 rings (SSSR count). The van der Waals surface area contributed by atoms with Crippen LogP contribution in [0.5, 0.6) is 11.5 Å². The highest BCUT2D eigenvalue weighted by molar-refractivity contribution is 6.33. The van der Waals surface area contributed by atoms with Crippen molar-refractivity contribution in [3.8, 4) is 11.5 Å². The molecule has 114 valence electrons. The van der Waals surface area contributed by atoms with Gasteiger partial charge in [-0.3, -0.25) is 4.99 Å². The van der Waals surface area contributed by atoms with Crippen LogP contribution in [-0.2, 0) is 6.42 Å². The number of rotatable bonds is 3. The second-order valence-electron chi connectivity index (χ2n) is 4.85. The molecule has 1 aromatic carbocycles. The maximum Gasteiger partial charge on any atom is 0.161 e. The first-order valence-corrected chi connectivity index (χ1v) is 7.51. The van der Waals surface area contributed by atoms with Crippen LogP contribution in [0.25, 0.3) is 0 Å². The maximum atomic E-state index is 6.01. The number of pyridine rings is 1. The summed E-state index contributed by atoms with van der Waals surface area (Å²) in [5.74, 6) is 1.38. The molecular weight excluding hydrogens is 323 g/mol. The summed E-state index contributed by atoms with van der Waals surface area (Å²) in [7, 11) is 3.24. The number of nitrogens with zero attached hydrogens (tertiary/aromatic N) is 2. The normalized spacial score (nSPS) is 13.4. The van der Waals surface area contributed by atoms with Crippen molar-refractivity contribution in [2.24, 2.45) is 4.99 Å². The number of methoxy groups -OCH3 is 2. The Hall–Kier alpha value is -1.78. The van der Waals surface area contributed by atoms with Crippen LogP contribution in [-0.4, -0.2) is 31.5 Å². The smallest absolute Gasteiger partial charge is 0.161 e. The number of hydrogen-bond acceptors (Lipinski definition) is 4. The van der Waals surface area contributed by atoms with E-state index in [2.05, 4.69) is 9.98 Å². The van der Waals surface area contributed by atoms with Gasteiger partial charge in [0.05, 0.1) is 19.9 Å². The van der Waals surface area contributed by atoms with Crippen molar-refractivity contribution in [3.63, 3.8) is 0 Å². The third kappa shape index (κ3) is 2.76. The Bertz CT molecular complexity index is 740. The molecule has 1 aliphatic rings. The van der Waals surface area contributed by atoms with Crippen LogP contribution < -0.4 is 9.47 Å². The first-order valence-electron chi connectivity index (χ1n) is 6.75. The average molecular weight is 337 g/mol. The van der Waals surface area contributed by atoms with Crippen LogP contribution in [0.2, 0.25) is 10.3 Å². The van der Waals surface area contributed by atoms with Gasteiger partial charge in [-0.25, -0.2) is 4.98 Å². The molecule has 4 nitrogen and oxygen atoms in total. The zero-order valence-electron chi connectivity index (χ0n) is 12.2. The molecule has 1 aliphatic heterocycles. The molecule has 0 radical (unpaired) electrons. The lowest BCUT2D eigenvalue weighted by Gasteiger charge is -2.20. The Kier molecular flexibility index (Phi) is 4.23. The van der Waals surface area contributed by atoms with Gasteiger partial charge in [0, 0.05) is 17.7 Å². The molecule has 0 aliphatic carbocycles. The lowest BCUT2D eigenvalue weighted by molar-refractivity contribution is 0.354. The maximum absolute atomic E-state index is 6.01. The third-order valence-electron chi connectivity index (χ3n) is 3.55. The summed E-state index contributed by atoms with van der Waals surface area (Å²) < 4.78 is 10.8. The zero-order chi connectivity index (χ0) is 15.7. The van der Waals surface area contributed by atoms with Gasteiger partial charge in [0.1, 0.15) is 10.3 Å². The van der Waals surface area contributed by atoms with Gasteiger partial charge in [0.25, 0.3) is 0 Å². The second-order valence-corrected chi connectivity index (χ2v) is 5.62. The van der Waals surface area contributed by atoms with Crippen molar-refractivity contribution in [1.82, 2.24) is 4.98 Å². The van der Waals surface area contributed by atoms with Crippen molar-refractivity contribution in [2.75, 3.05) is 20.8 Å². The number of benzene rings is 1. The van der Waals surface area contributed by atoms with E-state index in [9.17, 15) is 0 Å². The fraction of sp³-hybridized carbons (Fsp3) is 0.250. The van der Waals surface area contributed by atoms with E-state index in [0.29, 0.717) is 28.3 Å². The summed E-state index contributed by atoms with van der Waals surface area (Å²) in [5.41, 5.74) is 3.85. The Labute approximate surface area is 138 Å². The van der Waals surface area contributed by atoms with Crippen LogP contribution in [0, 0.1) is 0 Å². The summed E-state index contributed by atoms with van der Waals surface area (Å²) in [4.78, 5) is 8.61. The van der Waals surface area contributed by atoms with Crippen LogP contribution in [0.4, 0.5) is 0 Å². The fourth-order valence-corrected chi connectivity index (χ4v) is 3.03. The summed E-state index contributed by atoms with van der Waals surface area (Å²) >= 11 is 12.0. The van der Waals surface area contributed by atoms with Gasteiger partial charge in [0.2, 0.25) is 0 Å². The van der Waals surface area contributed by atoms with Gasteiger partial charge < -0.3 is 9.47 Å². The van der Waals surface area contributed by atoms with Gasteiger partial charge in [-0.05, 0) is 36.2 Å². The van der Waals surface area contributed by atoms with Crippen LogP contribution in [0.3, 0.4) is 0 Å². The number of fused-ring (bicyclic) bond motifs is 1. The molecule has 1 aromatic heterocycles. The lowest BCUT2D eigenvalue weighted by atomic mass is 9.93. The highest BCUT2D eigenvalue weighted by atomic mass is 35.5. The molecule has 0 N–H and O–H groups in total. The Morgan fingerprint density at radius 2 is 1.59 bits per heavy atom. The Balaban J connectivity index is 2.15. The lowest BCUT2D eigenvalue weighted by Crippen LogP contribution is -2.15. The number of hydrogen-bond donors (Lipinski definition) is 0. The molecule has 0 spiro atoms. The molecule has 0 atom stereocenters. The number of ether oxygens (including phenoxy) is 2. The molecule has 0 saturated heterocycles. The van der Waals surface area contributed by atoms with Gasteiger partial charge >= 0.3 is 0 Å². The van der Waals surface area contributed by atoms with E-state index in [-0.39, 0.29) is 0 Å². The van der Waals surface area contributed by atoms with E-state index in [1.54, 1.807) is 26.4 Å². The largest absolute Gasteiger partial charge is 0.493 e. The average Bonchev–Trinajstić information content (AvgIpc) is 2.51. The molecule has 6 heteroatoms. The van der Waals surface area contributed by atoms with Crippen molar-refractivity contribution < 1.29 is 9.47 Å². The summed E-state index contributed by atoms with van der Waals surface area (Å²) in [6.45, 7) is 0.704. The minimum Gasteiger partial charge on any atom is -0.493 e. The minimum atomic E-state index is 0.345. The van der Waals surface area contributed by atoms with E-state index >= 15 is 0 Å². The van der Waals surface area contributed by atoms with Gasteiger partial charge in [0.15, 0.2) is 11.5 Å². The molecule has 2 heterocycles. The van der Waals surface area contributed by atoms with Crippen LogP contribution >= 0.6 is 23.2 Å². The molecule has 0 bridgehead atoms. The molecule has 0 fully saturated rings.